The Morgan fingerprint density at radius 2 is 1.88 bits per heavy atom. The lowest BCUT2D eigenvalue weighted by atomic mass is 9.88. The van der Waals surface area contributed by atoms with Crippen LogP contribution in [0.1, 0.15) is 32.6 Å². The highest BCUT2D eigenvalue weighted by atomic mass is 16.5. The van der Waals surface area contributed by atoms with Crippen LogP contribution < -0.4 is 16.0 Å². The summed E-state index contributed by atoms with van der Waals surface area (Å²) >= 11 is 0. The topological polar surface area (TPSA) is 88.7 Å². The second-order valence-electron chi connectivity index (χ2n) is 6.25. The molecule has 1 fully saturated rings. The monoisotopic (exact) mass is 349 g/mol. The number of carbonyl (C=O) groups is 2. The van der Waals surface area contributed by atoms with Crippen LogP contribution in [0.5, 0.6) is 0 Å². The molecule has 0 aromatic heterocycles. The summed E-state index contributed by atoms with van der Waals surface area (Å²) in [7, 11) is 1.29. The van der Waals surface area contributed by atoms with Gasteiger partial charge >= 0.3 is 12.1 Å². The normalized spacial score (nSPS) is 19.8. The molecule has 138 valence electrons. The molecule has 0 radical (unpaired) electrons. The molecule has 0 heterocycles. The molecule has 2 rings (SSSR count). The fraction of sp³-hybridized carbons (Fsp3) is 0.556. The van der Waals surface area contributed by atoms with Crippen molar-refractivity contribution in [2.75, 3.05) is 30.9 Å². The Bertz CT molecular complexity index is 579. The van der Waals surface area contributed by atoms with Gasteiger partial charge in [0.25, 0.3) is 0 Å². The lowest BCUT2D eigenvalue weighted by Gasteiger charge is -2.28. The lowest BCUT2D eigenvalue weighted by Crippen LogP contribution is -2.34. The fourth-order valence-corrected chi connectivity index (χ4v) is 2.92. The first kappa shape index (κ1) is 19.1. The van der Waals surface area contributed by atoms with Gasteiger partial charge in [-0.25, -0.2) is 9.59 Å². The molecule has 0 spiro atoms. The number of hydrogen-bond donors (Lipinski definition) is 3. The third kappa shape index (κ3) is 6.62. The highest BCUT2D eigenvalue weighted by Crippen LogP contribution is 2.26. The molecule has 1 aliphatic rings. The van der Waals surface area contributed by atoms with Crippen molar-refractivity contribution in [1.29, 1.82) is 0 Å². The number of amides is 3. The van der Waals surface area contributed by atoms with Crippen LogP contribution in [0.4, 0.5) is 21.0 Å². The maximum Gasteiger partial charge on any atom is 0.411 e. The van der Waals surface area contributed by atoms with Crippen LogP contribution in [0.15, 0.2) is 24.3 Å². The predicted molar refractivity (Wildman–Crippen MR) is 96.9 cm³/mol. The quantitative estimate of drug-likeness (QED) is 0.685. The van der Waals surface area contributed by atoms with Crippen molar-refractivity contribution in [3.8, 4) is 0 Å². The largest absolute Gasteiger partial charge is 0.453 e. The van der Waals surface area contributed by atoms with Gasteiger partial charge in [-0.1, -0.05) is 25.8 Å². The van der Waals surface area contributed by atoms with Crippen molar-refractivity contribution < 1.29 is 19.1 Å². The smallest absolute Gasteiger partial charge is 0.411 e. The zero-order valence-corrected chi connectivity index (χ0v) is 14.8. The SMILES string of the molecule is COC(=O)Nc1cccc(NC(=O)NCCO[C@@H]2CCCC[C@@H]2C)c1. The molecule has 7 heteroatoms. The predicted octanol–water partition coefficient (Wildman–Crippen LogP) is 3.58. The molecule has 0 unspecified atom stereocenters. The van der Waals surface area contributed by atoms with Crippen molar-refractivity contribution in [1.82, 2.24) is 5.32 Å². The van der Waals surface area contributed by atoms with E-state index in [4.69, 9.17) is 4.74 Å². The van der Waals surface area contributed by atoms with E-state index in [0.29, 0.717) is 36.5 Å². The number of hydrogen-bond acceptors (Lipinski definition) is 4. The third-order valence-corrected chi connectivity index (χ3v) is 4.30. The molecule has 0 saturated heterocycles. The Balaban J connectivity index is 1.69. The molecule has 1 aliphatic carbocycles. The van der Waals surface area contributed by atoms with Crippen LogP contribution in [0.25, 0.3) is 0 Å². The molecule has 1 aromatic rings. The maximum absolute atomic E-state index is 11.9. The van der Waals surface area contributed by atoms with Gasteiger partial charge in [0.15, 0.2) is 0 Å². The van der Waals surface area contributed by atoms with Crippen LogP contribution >= 0.6 is 0 Å². The number of anilines is 2. The summed E-state index contributed by atoms with van der Waals surface area (Å²) in [5, 5.41) is 8.04. The highest BCUT2D eigenvalue weighted by molar-refractivity contribution is 5.91. The van der Waals surface area contributed by atoms with Gasteiger partial charge in [0, 0.05) is 17.9 Å². The summed E-state index contributed by atoms with van der Waals surface area (Å²) in [5.41, 5.74) is 1.12. The van der Waals surface area contributed by atoms with E-state index in [-0.39, 0.29) is 6.03 Å². The second-order valence-corrected chi connectivity index (χ2v) is 6.25. The van der Waals surface area contributed by atoms with E-state index < -0.39 is 6.09 Å². The summed E-state index contributed by atoms with van der Waals surface area (Å²) in [5.74, 6) is 0.590. The minimum atomic E-state index is -0.560. The van der Waals surface area contributed by atoms with Crippen molar-refractivity contribution in [3.05, 3.63) is 24.3 Å². The van der Waals surface area contributed by atoms with Gasteiger partial charge in [0.2, 0.25) is 0 Å². The third-order valence-electron chi connectivity index (χ3n) is 4.30. The standard InChI is InChI=1S/C18H27N3O4/c1-13-6-3-4-9-16(13)25-11-10-19-17(22)20-14-7-5-8-15(12-14)21-18(23)24-2/h5,7-8,12-13,16H,3-4,6,9-11H2,1-2H3,(H,21,23)(H2,19,20,22)/t13-,16+/m0/s1. The Labute approximate surface area is 148 Å². The van der Waals surface area contributed by atoms with Gasteiger partial charge in [-0.05, 0) is 37.0 Å². The van der Waals surface area contributed by atoms with Crippen LogP contribution in [0.3, 0.4) is 0 Å². The number of nitrogens with one attached hydrogen (secondary N) is 3. The maximum atomic E-state index is 11.9. The first-order valence-corrected chi connectivity index (χ1v) is 8.70. The van der Waals surface area contributed by atoms with Crippen molar-refractivity contribution in [2.24, 2.45) is 5.92 Å². The van der Waals surface area contributed by atoms with E-state index in [2.05, 4.69) is 27.6 Å². The Morgan fingerprint density at radius 3 is 2.60 bits per heavy atom. The first-order valence-electron chi connectivity index (χ1n) is 8.70. The molecule has 0 aliphatic heterocycles. The Morgan fingerprint density at radius 1 is 1.16 bits per heavy atom. The molecule has 2 atom stereocenters. The lowest BCUT2D eigenvalue weighted by molar-refractivity contribution is -0.00232. The number of rotatable bonds is 6. The van der Waals surface area contributed by atoms with Gasteiger partial charge < -0.3 is 20.1 Å². The minimum Gasteiger partial charge on any atom is -0.453 e. The zero-order chi connectivity index (χ0) is 18.1. The number of carbonyl (C=O) groups excluding carboxylic acids is 2. The molecular formula is C18H27N3O4. The summed E-state index contributed by atoms with van der Waals surface area (Å²) in [6, 6.07) is 6.52. The summed E-state index contributed by atoms with van der Waals surface area (Å²) in [6.45, 7) is 3.18. The molecule has 1 saturated carbocycles. The van der Waals surface area contributed by atoms with E-state index in [1.54, 1.807) is 24.3 Å². The minimum absolute atomic E-state index is 0.305. The fourth-order valence-electron chi connectivity index (χ4n) is 2.92. The van der Waals surface area contributed by atoms with E-state index in [1.165, 1.54) is 26.4 Å². The first-order chi connectivity index (χ1) is 12.1. The van der Waals surface area contributed by atoms with Crippen LogP contribution in [0.2, 0.25) is 0 Å². The van der Waals surface area contributed by atoms with Gasteiger partial charge in [-0.15, -0.1) is 0 Å². The summed E-state index contributed by atoms with van der Waals surface area (Å²) in [6.07, 6.45) is 4.57. The second kappa shape index (κ2) is 9.88. The summed E-state index contributed by atoms with van der Waals surface area (Å²) < 4.78 is 10.4. The number of ether oxygens (including phenoxy) is 2. The van der Waals surface area contributed by atoms with E-state index in [9.17, 15) is 9.59 Å². The molecule has 3 amide bonds. The van der Waals surface area contributed by atoms with Gasteiger partial charge in [-0.3, -0.25) is 5.32 Å². The van der Waals surface area contributed by atoms with Crippen LogP contribution in [-0.2, 0) is 9.47 Å². The van der Waals surface area contributed by atoms with Gasteiger partial charge in [-0.2, -0.15) is 0 Å². The Kier molecular flexibility index (Phi) is 7.53. The molecular weight excluding hydrogens is 322 g/mol. The molecule has 0 bridgehead atoms. The molecule has 25 heavy (non-hydrogen) atoms. The molecule has 1 aromatic carbocycles. The van der Waals surface area contributed by atoms with Crippen LogP contribution in [-0.4, -0.2) is 38.5 Å². The van der Waals surface area contributed by atoms with Crippen molar-refractivity contribution in [3.63, 3.8) is 0 Å². The average Bonchev–Trinajstić information content (AvgIpc) is 2.60. The highest BCUT2D eigenvalue weighted by Gasteiger charge is 2.21. The zero-order valence-electron chi connectivity index (χ0n) is 14.8. The van der Waals surface area contributed by atoms with Crippen molar-refractivity contribution >= 4 is 23.5 Å². The average molecular weight is 349 g/mol. The van der Waals surface area contributed by atoms with Crippen molar-refractivity contribution in [2.45, 2.75) is 38.7 Å². The molecule has 7 nitrogen and oxygen atoms in total. The number of methoxy groups -OCH3 is 1. The Hall–Kier alpha value is -2.28. The van der Waals surface area contributed by atoms with E-state index >= 15 is 0 Å². The van der Waals surface area contributed by atoms with Crippen LogP contribution in [0, 0.1) is 5.92 Å². The van der Waals surface area contributed by atoms with E-state index in [1.807, 2.05) is 0 Å². The van der Waals surface area contributed by atoms with Gasteiger partial charge in [0.1, 0.15) is 0 Å². The molecule has 3 N–H and O–H groups in total. The number of urea groups is 1. The number of benzene rings is 1. The van der Waals surface area contributed by atoms with Gasteiger partial charge in [0.05, 0.1) is 19.8 Å². The summed E-state index contributed by atoms with van der Waals surface area (Å²) in [4.78, 5) is 23.1. The van der Waals surface area contributed by atoms with E-state index in [0.717, 1.165) is 6.42 Å².